The first-order chi connectivity index (χ1) is 9.56. The second-order valence-corrected chi connectivity index (χ2v) is 5.25. The maximum absolute atomic E-state index is 11.7. The predicted octanol–water partition coefficient (Wildman–Crippen LogP) is 1.41. The summed E-state index contributed by atoms with van der Waals surface area (Å²) >= 11 is 3.35. The highest BCUT2D eigenvalue weighted by atomic mass is 79.9. The maximum Gasteiger partial charge on any atom is 0.249 e. The highest BCUT2D eigenvalue weighted by Gasteiger charge is 2.28. The number of nitrogens with zero attached hydrogens (tertiary/aromatic N) is 2. The van der Waals surface area contributed by atoms with Crippen LogP contribution in [0.2, 0.25) is 0 Å². The van der Waals surface area contributed by atoms with E-state index in [4.69, 9.17) is 0 Å². The quantitative estimate of drug-likeness (QED) is 0.643. The fourth-order valence-electron chi connectivity index (χ4n) is 1.73. The molecule has 0 aromatic heterocycles. The Morgan fingerprint density at radius 1 is 1.60 bits per heavy atom. The zero-order chi connectivity index (χ0) is 14.5. The molecule has 2 rings (SSSR count). The van der Waals surface area contributed by atoms with Crippen LogP contribution in [0, 0.1) is 5.92 Å². The van der Waals surface area contributed by atoms with Crippen LogP contribution in [0.15, 0.2) is 38.9 Å². The summed E-state index contributed by atoms with van der Waals surface area (Å²) in [6.07, 6.45) is 1.58. The normalized spacial score (nSPS) is 18.0. The molecule has 1 aliphatic heterocycles. The Kier molecular flexibility index (Phi) is 4.62. The minimum absolute atomic E-state index is 0.0387. The number of hydrogen-bond donors (Lipinski definition) is 2. The number of carbonyl (C=O) groups is 2. The molecule has 0 saturated carbocycles. The fourth-order valence-corrected chi connectivity index (χ4v) is 2.14. The summed E-state index contributed by atoms with van der Waals surface area (Å²) in [5.41, 5.74) is 6.21. The molecule has 6 nitrogen and oxygen atoms in total. The van der Waals surface area contributed by atoms with Crippen molar-refractivity contribution in [2.24, 2.45) is 16.1 Å². The average molecular weight is 337 g/mol. The Hall–Kier alpha value is -2.02. The summed E-state index contributed by atoms with van der Waals surface area (Å²) in [6.45, 7) is 1.71. The van der Waals surface area contributed by atoms with Gasteiger partial charge < -0.3 is 0 Å². The summed E-state index contributed by atoms with van der Waals surface area (Å²) in [7, 11) is 0. The summed E-state index contributed by atoms with van der Waals surface area (Å²) in [6, 6.07) is 7.51. The molecule has 0 bridgehead atoms. The largest absolute Gasteiger partial charge is 0.273 e. The van der Waals surface area contributed by atoms with Gasteiger partial charge in [0.15, 0.2) is 0 Å². The van der Waals surface area contributed by atoms with Crippen molar-refractivity contribution in [3.05, 3.63) is 34.3 Å². The number of benzene rings is 1. The van der Waals surface area contributed by atoms with Crippen LogP contribution in [0.4, 0.5) is 0 Å². The molecule has 1 aromatic carbocycles. The number of amides is 2. The van der Waals surface area contributed by atoms with Crippen LogP contribution in [0.3, 0.4) is 0 Å². The molecule has 1 aromatic rings. The van der Waals surface area contributed by atoms with Gasteiger partial charge in [0.1, 0.15) is 0 Å². The van der Waals surface area contributed by atoms with Gasteiger partial charge in [0, 0.05) is 16.6 Å². The van der Waals surface area contributed by atoms with Gasteiger partial charge in [-0.3, -0.25) is 9.59 Å². The van der Waals surface area contributed by atoms with Crippen molar-refractivity contribution in [1.29, 1.82) is 0 Å². The smallest absolute Gasteiger partial charge is 0.249 e. The Balaban J connectivity index is 1.86. The van der Waals surface area contributed by atoms with E-state index in [1.165, 1.54) is 0 Å². The molecule has 1 atom stereocenters. The molecule has 0 fully saturated rings. The van der Waals surface area contributed by atoms with Gasteiger partial charge in [-0.25, -0.2) is 10.9 Å². The molecule has 0 saturated heterocycles. The summed E-state index contributed by atoms with van der Waals surface area (Å²) in [5.74, 6) is -1.09. The van der Waals surface area contributed by atoms with Crippen LogP contribution in [-0.4, -0.2) is 23.7 Å². The van der Waals surface area contributed by atoms with Crippen LogP contribution < -0.4 is 10.9 Å². The van der Waals surface area contributed by atoms with E-state index in [2.05, 4.69) is 37.0 Å². The van der Waals surface area contributed by atoms with Crippen molar-refractivity contribution in [2.75, 3.05) is 0 Å². The van der Waals surface area contributed by atoms with Crippen LogP contribution in [0.5, 0.6) is 0 Å². The highest BCUT2D eigenvalue weighted by Crippen LogP contribution is 2.11. The molecular weight excluding hydrogens is 324 g/mol. The minimum Gasteiger partial charge on any atom is -0.273 e. The summed E-state index contributed by atoms with van der Waals surface area (Å²) in [5, 5.41) is 7.64. The van der Waals surface area contributed by atoms with Crippen LogP contribution >= 0.6 is 15.9 Å². The first-order valence-electron chi connectivity index (χ1n) is 5.98. The second kappa shape index (κ2) is 6.42. The monoisotopic (exact) mass is 336 g/mol. The number of halogens is 1. The average Bonchev–Trinajstić information content (AvgIpc) is 2.71. The lowest BCUT2D eigenvalue weighted by Crippen LogP contribution is -2.29. The van der Waals surface area contributed by atoms with Gasteiger partial charge in [0.25, 0.3) is 0 Å². The van der Waals surface area contributed by atoms with Gasteiger partial charge in [-0.05, 0) is 24.6 Å². The molecule has 7 heteroatoms. The third-order valence-electron chi connectivity index (χ3n) is 2.80. The number of carbonyl (C=O) groups excluding carboxylic acids is 2. The minimum atomic E-state index is -0.504. The zero-order valence-electron chi connectivity index (χ0n) is 10.8. The molecule has 2 N–H and O–H groups in total. The third kappa shape index (κ3) is 3.74. The first-order valence-corrected chi connectivity index (χ1v) is 6.77. The highest BCUT2D eigenvalue weighted by molar-refractivity contribution is 9.10. The van der Waals surface area contributed by atoms with Crippen molar-refractivity contribution in [1.82, 2.24) is 10.9 Å². The van der Waals surface area contributed by atoms with E-state index >= 15 is 0 Å². The molecule has 1 heterocycles. The maximum atomic E-state index is 11.7. The van der Waals surface area contributed by atoms with E-state index in [0.717, 1.165) is 10.0 Å². The van der Waals surface area contributed by atoms with Crippen LogP contribution in [0.25, 0.3) is 0 Å². The molecule has 1 aliphatic rings. The first kappa shape index (κ1) is 14.4. The molecule has 0 spiro atoms. The molecule has 2 amide bonds. The lowest BCUT2D eigenvalue weighted by atomic mass is 10.0. The molecule has 0 radical (unpaired) electrons. The van der Waals surface area contributed by atoms with Crippen molar-refractivity contribution in [2.45, 2.75) is 13.3 Å². The third-order valence-corrected chi connectivity index (χ3v) is 3.30. The Morgan fingerprint density at radius 2 is 2.40 bits per heavy atom. The van der Waals surface area contributed by atoms with E-state index in [-0.39, 0.29) is 18.2 Å². The molecular formula is C13H13BrN4O2. The second-order valence-electron chi connectivity index (χ2n) is 4.33. The van der Waals surface area contributed by atoms with Gasteiger partial charge in [-0.2, -0.15) is 10.2 Å². The Labute approximate surface area is 124 Å². The molecule has 104 valence electrons. The molecule has 20 heavy (non-hydrogen) atoms. The summed E-state index contributed by atoms with van der Waals surface area (Å²) in [4.78, 5) is 23.1. The van der Waals surface area contributed by atoms with Gasteiger partial charge >= 0.3 is 0 Å². The fraction of sp³-hybridized carbons (Fsp3) is 0.231. The Morgan fingerprint density at radius 3 is 3.05 bits per heavy atom. The van der Waals surface area contributed by atoms with E-state index in [0.29, 0.717) is 5.71 Å². The van der Waals surface area contributed by atoms with Gasteiger partial charge in [0.2, 0.25) is 11.8 Å². The standard InChI is InChI=1S/C13H13BrN4O2/c1-8-11(13(20)18-16-8)6-12(19)17-15-7-9-3-2-4-10(14)5-9/h2-5,7,11H,6H2,1H3,(H,17,19)(H,18,20)/b15-7-/t11-/m1/s1. The van der Waals surface area contributed by atoms with Crippen LogP contribution in [-0.2, 0) is 9.59 Å². The van der Waals surface area contributed by atoms with Crippen molar-refractivity contribution >= 4 is 39.7 Å². The molecule has 0 aliphatic carbocycles. The van der Waals surface area contributed by atoms with E-state index in [1.54, 1.807) is 13.1 Å². The van der Waals surface area contributed by atoms with Gasteiger partial charge in [0.05, 0.1) is 12.1 Å². The van der Waals surface area contributed by atoms with E-state index < -0.39 is 5.92 Å². The number of nitrogens with one attached hydrogen (secondary N) is 2. The topological polar surface area (TPSA) is 82.9 Å². The Bertz CT molecular complexity index is 598. The van der Waals surface area contributed by atoms with E-state index in [1.807, 2.05) is 24.3 Å². The van der Waals surface area contributed by atoms with Crippen molar-refractivity contribution < 1.29 is 9.59 Å². The lowest BCUT2D eigenvalue weighted by molar-refractivity contribution is -0.127. The van der Waals surface area contributed by atoms with E-state index in [9.17, 15) is 9.59 Å². The van der Waals surface area contributed by atoms with Gasteiger partial charge in [-0.1, -0.05) is 28.1 Å². The van der Waals surface area contributed by atoms with Crippen LogP contribution in [0.1, 0.15) is 18.9 Å². The van der Waals surface area contributed by atoms with Crippen molar-refractivity contribution in [3.8, 4) is 0 Å². The lowest BCUT2D eigenvalue weighted by Gasteiger charge is -2.05. The predicted molar refractivity (Wildman–Crippen MR) is 79.2 cm³/mol. The number of rotatable bonds is 4. The summed E-state index contributed by atoms with van der Waals surface area (Å²) < 4.78 is 0.933. The molecule has 0 unspecified atom stereocenters. The SMILES string of the molecule is CC1=NNC(=O)[C@@H]1CC(=O)N/N=C\c1cccc(Br)c1. The number of hydrogen-bond acceptors (Lipinski definition) is 4. The zero-order valence-corrected chi connectivity index (χ0v) is 12.3. The van der Waals surface area contributed by atoms with Gasteiger partial charge in [-0.15, -0.1) is 0 Å². The van der Waals surface area contributed by atoms with Crippen molar-refractivity contribution in [3.63, 3.8) is 0 Å². The number of hydrazone groups is 2.